The van der Waals surface area contributed by atoms with Gasteiger partial charge in [-0.05, 0) is 26.4 Å². The van der Waals surface area contributed by atoms with Gasteiger partial charge in [-0.25, -0.2) is 0 Å². The quantitative estimate of drug-likeness (QED) is 0.773. The highest BCUT2D eigenvalue weighted by molar-refractivity contribution is 5.80. The summed E-state index contributed by atoms with van der Waals surface area (Å²) in [6.45, 7) is 4.96. The SMILES string of the molecule is CC(OCC(F)(F)F)C(=O)NCC(C)(C)CN(C)C. The number of amides is 1. The Balaban J connectivity index is 4.10. The van der Waals surface area contributed by atoms with Crippen LogP contribution in [-0.4, -0.2) is 56.9 Å². The molecule has 19 heavy (non-hydrogen) atoms. The third-order valence-electron chi connectivity index (χ3n) is 2.35. The third kappa shape index (κ3) is 9.72. The smallest absolute Gasteiger partial charge is 0.359 e. The largest absolute Gasteiger partial charge is 0.411 e. The number of hydrogen-bond acceptors (Lipinski definition) is 3. The molecule has 0 aliphatic heterocycles. The van der Waals surface area contributed by atoms with Crippen LogP contribution in [0.15, 0.2) is 0 Å². The molecule has 4 nitrogen and oxygen atoms in total. The van der Waals surface area contributed by atoms with Gasteiger partial charge < -0.3 is 15.0 Å². The molecule has 0 rings (SSSR count). The minimum atomic E-state index is -4.42. The first-order valence-corrected chi connectivity index (χ1v) is 6.04. The predicted molar refractivity (Wildman–Crippen MR) is 66.8 cm³/mol. The van der Waals surface area contributed by atoms with E-state index >= 15 is 0 Å². The van der Waals surface area contributed by atoms with Crippen LogP contribution in [0.1, 0.15) is 20.8 Å². The maximum Gasteiger partial charge on any atom is 0.411 e. The van der Waals surface area contributed by atoms with Gasteiger partial charge in [0.1, 0.15) is 12.7 Å². The van der Waals surface area contributed by atoms with Crippen molar-refractivity contribution >= 4 is 5.91 Å². The van der Waals surface area contributed by atoms with E-state index in [1.165, 1.54) is 6.92 Å². The Kier molecular flexibility index (Phi) is 6.79. The fraction of sp³-hybridized carbons (Fsp3) is 0.917. The van der Waals surface area contributed by atoms with Crippen LogP contribution < -0.4 is 5.32 Å². The monoisotopic (exact) mass is 284 g/mol. The molecular formula is C12H23F3N2O2. The lowest BCUT2D eigenvalue weighted by Gasteiger charge is -2.29. The number of hydrogen-bond donors (Lipinski definition) is 1. The molecule has 7 heteroatoms. The minimum Gasteiger partial charge on any atom is -0.359 e. The van der Waals surface area contributed by atoms with E-state index in [0.717, 1.165) is 6.54 Å². The summed E-state index contributed by atoms with van der Waals surface area (Å²) in [4.78, 5) is 13.6. The van der Waals surface area contributed by atoms with Crippen molar-refractivity contribution in [1.29, 1.82) is 0 Å². The molecule has 0 spiro atoms. The zero-order valence-corrected chi connectivity index (χ0v) is 12.1. The number of carbonyl (C=O) groups is 1. The molecule has 0 bridgehead atoms. The van der Waals surface area contributed by atoms with Crippen molar-refractivity contribution in [3.05, 3.63) is 0 Å². The predicted octanol–water partition coefficient (Wildman–Crippen LogP) is 1.66. The number of nitrogens with one attached hydrogen (secondary N) is 1. The topological polar surface area (TPSA) is 41.6 Å². The van der Waals surface area contributed by atoms with E-state index in [9.17, 15) is 18.0 Å². The van der Waals surface area contributed by atoms with Crippen molar-refractivity contribution in [3.63, 3.8) is 0 Å². The van der Waals surface area contributed by atoms with E-state index in [-0.39, 0.29) is 5.41 Å². The highest BCUT2D eigenvalue weighted by Crippen LogP contribution is 2.16. The van der Waals surface area contributed by atoms with Crippen LogP contribution in [0, 0.1) is 5.41 Å². The Morgan fingerprint density at radius 3 is 2.26 bits per heavy atom. The van der Waals surface area contributed by atoms with E-state index < -0.39 is 24.8 Å². The van der Waals surface area contributed by atoms with Gasteiger partial charge in [0.2, 0.25) is 5.91 Å². The molecule has 1 atom stereocenters. The van der Waals surface area contributed by atoms with Crippen LogP contribution in [0.5, 0.6) is 0 Å². The standard InChI is InChI=1S/C12H23F3N2O2/c1-9(19-8-12(13,14)15)10(18)16-6-11(2,3)7-17(4)5/h9H,6-8H2,1-5H3,(H,16,18). The lowest BCUT2D eigenvalue weighted by atomic mass is 9.93. The first-order chi connectivity index (χ1) is 8.43. The van der Waals surface area contributed by atoms with Crippen LogP contribution >= 0.6 is 0 Å². The maximum atomic E-state index is 11.9. The van der Waals surface area contributed by atoms with Crippen molar-refractivity contribution in [1.82, 2.24) is 10.2 Å². The Hall–Kier alpha value is -0.820. The van der Waals surface area contributed by atoms with Crippen LogP contribution in [-0.2, 0) is 9.53 Å². The molecule has 0 radical (unpaired) electrons. The summed E-state index contributed by atoms with van der Waals surface area (Å²) in [5, 5.41) is 2.61. The van der Waals surface area contributed by atoms with Crippen LogP contribution in [0.4, 0.5) is 13.2 Å². The number of rotatable bonds is 7. The summed E-state index contributed by atoms with van der Waals surface area (Å²) in [5.74, 6) is -0.531. The Labute approximate surface area is 112 Å². The minimum absolute atomic E-state index is 0.164. The van der Waals surface area contributed by atoms with Crippen molar-refractivity contribution in [2.45, 2.75) is 33.1 Å². The zero-order chi connectivity index (χ0) is 15.3. The Morgan fingerprint density at radius 1 is 1.32 bits per heavy atom. The molecule has 114 valence electrons. The van der Waals surface area contributed by atoms with Crippen molar-refractivity contribution in [2.75, 3.05) is 33.8 Å². The van der Waals surface area contributed by atoms with E-state index in [4.69, 9.17) is 0 Å². The number of carbonyl (C=O) groups excluding carboxylic acids is 1. The number of ether oxygens (including phenoxy) is 1. The van der Waals surface area contributed by atoms with Gasteiger partial charge in [-0.2, -0.15) is 13.2 Å². The molecule has 0 saturated carbocycles. The maximum absolute atomic E-state index is 11.9. The molecule has 0 fully saturated rings. The van der Waals surface area contributed by atoms with Crippen LogP contribution in [0.2, 0.25) is 0 Å². The molecule has 0 aromatic rings. The van der Waals surface area contributed by atoms with E-state index in [0.29, 0.717) is 6.54 Å². The Morgan fingerprint density at radius 2 is 1.84 bits per heavy atom. The number of nitrogens with zero attached hydrogens (tertiary/aromatic N) is 1. The van der Waals surface area contributed by atoms with Crippen LogP contribution in [0.25, 0.3) is 0 Å². The van der Waals surface area contributed by atoms with Crippen molar-refractivity contribution in [2.24, 2.45) is 5.41 Å². The fourth-order valence-corrected chi connectivity index (χ4v) is 1.68. The Bertz CT molecular complexity index is 291. The van der Waals surface area contributed by atoms with E-state index in [1.807, 2.05) is 32.8 Å². The molecule has 1 amide bonds. The highest BCUT2D eigenvalue weighted by atomic mass is 19.4. The second kappa shape index (κ2) is 7.09. The first-order valence-electron chi connectivity index (χ1n) is 6.04. The normalized spacial score (nSPS) is 14.6. The second-order valence-electron chi connectivity index (χ2n) is 5.69. The number of halogens is 3. The van der Waals surface area contributed by atoms with Gasteiger partial charge in [-0.3, -0.25) is 4.79 Å². The average Bonchev–Trinajstić information content (AvgIpc) is 2.19. The van der Waals surface area contributed by atoms with E-state index in [2.05, 4.69) is 10.1 Å². The molecule has 0 heterocycles. The molecule has 0 aromatic heterocycles. The molecular weight excluding hydrogens is 261 g/mol. The summed E-state index contributed by atoms with van der Waals surface area (Å²) in [6, 6.07) is 0. The van der Waals surface area contributed by atoms with Gasteiger partial charge in [0.15, 0.2) is 0 Å². The summed E-state index contributed by atoms with van der Waals surface area (Å²) >= 11 is 0. The second-order valence-corrected chi connectivity index (χ2v) is 5.69. The van der Waals surface area contributed by atoms with Gasteiger partial charge >= 0.3 is 6.18 Å². The molecule has 0 aromatic carbocycles. The van der Waals surface area contributed by atoms with Gasteiger partial charge in [-0.1, -0.05) is 13.8 Å². The molecule has 0 aliphatic rings. The molecule has 0 saturated heterocycles. The first kappa shape index (κ1) is 18.2. The highest BCUT2D eigenvalue weighted by Gasteiger charge is 2.30. The molecule has 0 aliphatic carbocycles. The van der Waals surface area contributed by atoms with Gasteiger partial charge in [0.25, 0.3) is 0 Å². The summed E-state index contributed by atoms with van der Waals surface area (Å²) in [7, 11) is 3.83. The number of alkyl halides is 3. The summed E-state index contributed by atoms with van der Waals surface area (Å²) in [6.07, 6.45) is -5.53. The van der Waals surface area contributed by atoms with Crippen molar-refractivity contribution in [3.8, 4) is 0 Å². The van der Waals surface area contributed by atoms with E-state index in [1.54, 1.807) is 0 Å². The van der Waals surface area contributed by atoms with Gasteiger partial charge in [0.05, 0.1) is 0 Å². The summed E-state index contributed by atoms with van der Waals surface area (Å²) < 4.78 is 40.3. The van der Waals surface area contributed by atoms with Gasteiger partial charge in [0, 0.05) is 13.1 Å². The molecule has 1 N–H and O–H groups in total. The lowest BCUT2D eigenvalue weighted by Crippen LogP contribution is -2.44. The van der Waals surface area contributed by atoms with Crippen molar-refractivity contribution < 1.29 is 22.7 Å². The zero-order valence-electron chi connectivity index (χ0n) is 12.1. The third-order valence-corrected chi connectivity index (χ3v) is 2.35. The summed E-state index contributed by atoms with van der Waals surface area (Å²) in [5.41, 5.74) is -0.164. The van der Waals surface area contributed by atoms with Gasteiger partial charge in [-0.15, -0.1) is 0 Å². The lowest BCUT2D eigenvalue weighted by molar-refractivity contribution is -0.185. The molecule has 1 unspecified atom stereocenters. The fourth-order valence-electron chi connectivity index (χ4n) is 1.68. The van der Waals surface area contributed by atoms with Crippen LogP contribution in [0.3, 0.4) is 0 Å². The average molecular weight is 284 g/mol.